The van der Waals surface area contributed by atoms with E-state index in [0.717, 1.165) is 0 Å². The van der Waals surface area contributed by atoms with Crippen LogP contribution in [0, 0.1) is 23.3 Å². The van der Waals surface area contributed by atoms with E-state index in [1.165, 1.54) is 6.92 Å². The standard InChI is InChI=1S/C8H7F4NO/c1-2-14-8-6(12)4(10)3(9)5(11)7(8)13/h2,13H2,1H3. The monoisotopic (exact) mass is 209 g/mol. The molecule has 0 aliphatic heterocycles. The molecule has 0 bridgehead atoms. The quantitative estimate of drug-likeness (QED) is 0.351. The summed E-state index contributed by atoms with van der Waals surface area (Å²) in [4.78, 5) is 0. The summed E-state index contributed by atoms with van der Waals surface area (Å²) in [7, 11) is 0. The molecule has 0 radical (unpaired) electrons. The minimum atomic E-state index is -1.94. The Labute approximate surface area is 77.3 Å². The SMILES string of the molecule is CCOc1c(N)c(F)c(F)c(F)c1F. The summed E-state index contributed by atoms with van der Waals surface area (Å²) >= 11 is 0. The molecule has 14 heavy (non-hydrogen) atoms. The lowest BCUT2D eigenvalue weighted by Gasteiger charge is -2.09. The molecule has 0 aliphatic carbocycles. The molecule has 0 aromatic heterocycles. The maximum Gasteiger partial charge on any atom is 0.206 e. The Bertz CT molecular complexity index is 338. The van der Waals surface area contributed by atoms with Crippen LogP contribution in [0.15, 0.2) is 0 Å². The lowest BCUT2D eigenvalue weighted by Crippen LogP contribution is -2.07. The number of halogens is 4. The third-order valence-corrected chi connectivity index (χ3v) is 1.55. The third-order valence-electron chi connectivity index (χ3n) is 1.55. The zero-order valence-corrected chi connectivity index (χ0v) is 7.20. The Morgan fingerprint density at radius 1 is 1.00 bits per heavy atom. The number of rotatable bonds is 2. The predicted molar refractivity (Wildman–Crippen MR) is 41.9 cm³/mol. The van der Waals surface area contributed by atoms with Gasteiger partial charge in [0.15, 0.2) is 17.4 Å². The van der Waals surface area contributed by atoms with E-state index in [2.05, 4.69) is 4.74 Å². The van der Waals surface area contributed by atoms with Crippen LogP contribution in [0.5, 0.6) is 5.75 Å². The van der Waals surface area contributed by atoms with Crippen LogP contribution in [0.1, 0.15) is 6.92 Å². The summed E-state index contributed by atoms with van der Waals surface area (Å²) in [6.07, 6.45) is 0. The smallest absolute Gasteiger partial charge is 0.206 e. The second-order valence-corrected chi connectivity index (χ2v) is 2.43. The van der Waals surface area contributed by atoms with E-state index in [1.807, 2.05) is 0 Å². The highest BCUT2D eigenvalue weighted by atomic mass is 19.2. The van der Waals surface area contributed by atoms with Gasteiger partial charge in [0.05, 0.1) is 6.61 Å². The van der Waals surface area contributed by atoms with Crippen molar-refractivity contribution in [2.45, 2.75) is 6.92 Å². The maximum absolute atomic E-state index is 12.9. The van der Waals surface area contributed by atoms with Crippen molar-refractivity contribution < 1.29 is 22.3 Å². The molecule has 1 rings (SSSR count). The summed E-state index contributed by atoms with van der Waals surface area (Å²) in [5.41, 5.74) is 4.12. The van der Waals surface area contributed by atoms with Crippen molar-refractivity contribution in [1.82, 2.24) is 0 Å². The van der Waals surface area contributed by atoms with Gasteiger partial charge in [-0.15, -0.1) is 0 Å². The van der Waals surface area contributed by atoms with Gasteiger partial charge in [0.1, 0.15) is 5.69 Å². The van der Waals surface area contributed by atoms with Crippen molar-refractivity contribution in [1.29, 1.82) is 0 Å². The highest BCUT2D eigenvalue weighted by Crippen LogP contribution is 2.32. The molecule has 0 aliphatic rings. The van der Waals surface area contributed by atoms with Crippen molar-refractivity contribution in [2.75, 3.05) is 12.3 Å². The van der Waals surface area contributed by atoms with Gasteiger partial charge in [0, 0.05) is 0 Å². The fourth-order valence-corrected chi connectivity index (χ4v) is 0.914. The molecular formula is C8H7F4NO. The number of nitrogens with two attached hydrogens (primary N) is 1. The van der Waals surface area contributed by atoms with Crippen LogP contribution >= 0.6 is 0 Å². The Hall–Kier alpha value is -1.46. The van der Waals surface area contributed by atoms with Crippen LogP contribution in [0.2, 0.25) is 0 Å². The van der Waals surface area contributed by atoms with E-state index in [1.54, 1.807) is 0 Å². The molecular weight excluding hydrogens is 202 g/mol. The number of hydrogen-bond donors (Lipinski definition) is 1. The van der Waals surface area contributed by atoms with Crippen LogP contribution in [-0.2, 0) is 0 Å². The van der Waals surface area contributed by atoms with Gasteiger partial charge < -0.3 is 10.5 Å². The van der Waals surface area contributed by atoms with Crippen LogP contribution in [0.25, 0.3) is 0 Å². The Balaban J connectivity index is 3.43. The number of anilines is 1. The number of nitrogen functional groups attached to an aromatic ring is 1. The minimum Gasteiger partial charge on any atom is -0.488 e. The second kappa shape index (κ2) is 3.73. The summed E-state index contributed by atoms with van der Waals surface area (Å²) in [5.74, 6) is -7.94. The predicted octanol–water partition coefficient (Wildman–Crippen LogP) is 2.22. The average Bonchev–Trinajstić information content (AvgIpc) is 2.19. The van der Waals surface area contributed by atoms with Gasteiger partial charge in [-0.2, -0.15) is 4.39 Å². The van der Waals surface area contributed by atoms with Gasteiger partial charge in [0.25, 0.3) is 0 Å². The molecule has 0 amide bonds. The van der Waals surface area contributed by atoms with E-state index >= 15 is 0 Å². The van der Waals surface area contributed by atoms with Crippen molar-refractivity contribution in [2.24, 2.45) is 0 Å². The number of ether oxygens (including phenoxy) is 1. The Morgan fingerprint density at radius 3 is 2.00 bits per heavy atom. The Morgan fingerprint density at radius 2 is 1.50 bits per heavy atom. The third kappa shape index (κ3) is 1.47. The van der Waals surface area contributed by atoms with Crippen molar-refractivity contribution in [3.63, 3.8) is 0 Å². The summed E-state index contributed by atoms with van der Waals surface area (Å²) in [5, 5.41) is 0. The molecule has 0 unspecified atom stereocenters. The molecule has 0 saturated carbocycles. The first kappa shape index (κ1) is 10.6. The van der Waals surface area contributed by atoms with Gasteiger partial charge in [0.2, 0.25) is 11.6 Å². The molecule has 0 spiro atoms. The Kier molecular flexibility index (Phi) is 2.83. The van der Waals surface area contributed by atoms with Crippen LogP contribution in [0.4, 0.5) is 23.2 Å². The molecule has 1 aromatic rings. The fraction of sp³-hybridized carbons (Fsp3) is 0.250. The normalized spacial score (nSPS) is 10.4. The topological polar surface area (TPSA) is 35.2 Å². The first-order valence-electron chi connectivity index (χ1n) is 3.74. The highest BCUT2D eigenvalue weighted by molar-refractivity contribution is 5.55. The molecule has 0 atom stereocenters. The summed E-state index contributed by atoms with van der Waals surface area (Å²) in [6, 6.07) is 0. The number of hydrogen-bond acceptors (Lipinski definition) is 2. The molecule has 2 N–H and O–H groups in total. The minimum absolute atomic E-state index is 0.0361. The van der Waals surface area contributed by atoms with Crippen molar-refractivity contribution in [3.8, 4) is 5.75 Å². The van der Waals surface area contributed by atoms with E-state index < -0.39 is 34.7 Å². The number of benzene rings is 1. The molecule has 0 heterocycles. The molecule has 6 heteroatoms. The summed E-state index contributed by atoms with van der Waals surface area (Å²) < 4.78 is 55.4. The lowest BCUT2D eigenvalue weighted by molar-refractivity contribution is 0.305. The lowest BCUT2D eigenvalue weighted by atomic mass is 10.2. The van der Waals surface area contributed by atoms with Gasteiger partial charge in [-0.3, -0.25) is 0 Å². The van der Waals surface area contributed by atoms with Gasteiger partial charge in [-0.1, -0.05) is 0 Å². The average molecular weight is 209 g/mol. The summed E-state index contributed by atoms with van der Waals surface area (Å²) in [6.45, 7) is 1.43. The van der Waals surface area contributed by atoms with Crippen LogP contribution in [-0.4, -0.2) is 6.61 Å². The first-order chi connectivity index (χ1) is 6.50. The van der Waals surface area contributed by atoms with Gasteiger partial charge in [-0.05, 0) is 6.92 Å². The second-order valence-electron chi connectivity index (χ2n) is 2.43. The maximum atomic E-state index is 12.9. The zero-order valence-electron chi connectivity index (χ0n) is 7.20. The zero-order chi connectivity index (χ0) is 10.9. The van der Waals surface area contributed by atoms with Crippen LogP contribution < -0.4 is 10.5 Å². The highest BCUT2D eigenvalue weighted by Gasteiger charge is 2.24. The van der Waals surface area contributed by atoms with E-state index in [9.17, 15) is 17.6 Å². The van der Waals surface area contributed by atoms with Gasteiger partial charge >= 0.3 is 0 Å². The van der Waals surface area contributed by atoms with Crippen molar-refractivity contribution >= 4 is 5.69 Å². The largest absolute Gasteiger partial charge is 0.488 e. The molecule has 0 saturated heterocycles. The molecule has 0 fully saturated rings. The molecule has 2 nitrogen and oxygen atoms in total. The van der Waals surface area contributed by atoms with Crippen molar-refractivity contribution in [3.05, 3.63) is 23.3 Å². The fourth-order valence-electron chi connectivity index (χ4n) is 0.914. The molecule has 1 aromatic carbocycles. The van der Waals surface area contributed by atoms with Crippen LogP contribution in [0.3, 0.4) is 0 Å². The first-order valence-corrected chi connectivity index (χ1v) is 3.74. The van der Waals surface area contributed by atoms with E-state index in [-0.39, 0.29) is 6.61 Å². The van der Waals surface area contributed by atoms with E-state index in [0.29, 0.717) is 0 Å². The van der Waals surface area contributed by atoms with Gasteiger partial charge in [-0.25, -0.2) is 13.2 Å². The molecule has 78 valence electrons. The van der Waals surface area contributed by atoms with E-state index in [4.69, 9.17) is 5.73 Å².